The maximum absolute atomic E-state index is 5.69. The summed E-state index contributed by atoms with van der Waals surface area (Å²) in [6.45, 7) is 4.95. The summed E-state index contributed by atoms with van der Waals surface area (Å²) in [6, 6.07) is 13.4. The molecular formula is C22H27N5O. The van der Waals surface area contributed by atoms with Gasteiger partial charge >= 0.3 is 0 Å². The molecular weight excluding hydrogens is 350 g/mol. The largest absolute Gasteiger partial charge is 0.381 e. The molecule has 0 amide bonds. The van der Waals surface area contributed by atoms with Gasteiger partial charge in [0.2, 0.25) is 0 Å². The number of nitrogens with zero attached hydrogens (tertiary/aromatic N) is 5. The van der Waals surface area contributed by atoms with Crippen molar-refractivity contribution in [2.24, 2.45) is 5.41 Å². The second-order valence-corrected chi connectivity index (χ2v) is 8.10. The SMILES string of the molecule is CCCCc1cc(N2CC3(CCOCC3)C2c2ccccc2)n2ncnc2n1. The molecule has 0 bridgehead atoms. The molecule has 28 heavy (non-hydrogen) atoms. The Labute approximate surface area is 165 Å². The molecule has 6 nitrogen and oxygen atoms in total. The third-order valence-corrected chi connectivity index (χ3v) is 6.35. The molecule has 2 aromatic heterocycles. The third-order valence-electron chi connectivity index (χ3n) is 6.35. The van der Waals surface area contributed by atoms with Gasteiger partial charge in [0.05, 0.1) is 6.04 Å². The standard InChI is InChI=1S/C22H27N5O/c1-2-3-9-18-14-19(27-21(25-18)23-16-24-27)26-15-22(10-12-28-13-11-22)20(26)17-7-5-4-6-8-17/h4-8,14,16,20H,2-3,9-13,15H2,1H3. The van der Waals surface area contributed by atoms with Crippen LogP contribution in [0.2, 0.25) is 0 Å². The minimum absolute atomic E-state index is 0.277. The van der Waals surface area contributed by atoms with Gasteiger partial charge in [0.1, 0.15) is 12.1 Å². The van der Waals surface area contributed by atoms with Gasteiger partial charge in [-0.05, 0) is 31.2 Å². The zero-order chi connectivity index (χ0) is 19.0. The van der Waals surface area contributed by atoms with Crippen LogP contribution in [0.1, 0.15) is 49.9 Å². The molecule has 5 rings (SSSR count). The maximum Gasteiger partial charge on any atom is 0.254 e. The molecule has 2 fully saturated rings. The van der Waals surface area contributed by atoms with Crippen LogP contribution in [0.15, 0.2) is 42.7 Å². The Hall–Kier alpha value is -2.47. The first-order valence-corrected chi connectivity index (χ1v) is 10.4. The number of hydrogen-bond acceptors (Lipinski definition) is 5. The zero-order valence-electron chi connectivity index (χ0n) is 16.4. The molecule has 1 spiro atoms. The monoisotopic (exact) mass is 377 g/mol. The van der Waals surface area contributed by atoms with Crippen LogP contribution in [0.5, 0.6) is 0 Å². The molecule has 146 valence electrons. The summed E-state index contributed by atoms with van der Waals surface area (Å²) in [6.07, 6.45) is 7.11. The van der Waals surface area contributed by atoms with Crippen molar-refractivity contribution in [2.75, 3.05) is 24.7 Å². The second kappa shape index (κ2) is 7.17. The van der Waals surface area contributed by atoms with Gasteiger partial charge in [0, 0.05) is 36.9 Å². The third kappa shape index (κ3) is 2.87. The Morgan fingerprint density at radius 2 is 2.00 bits per heavy atom. The van der Waals surface area contributed by atoms with Crippen molar-refractivity contribution in [3.05, 3.63) is 54.0 Å². The lowest BCUT2D eigenvalue weighted by Gasteiger charge is -2.60. The van der Waals surface area contributed by atoms with E-state index in [9.17, 15) is 0 Å². The molecule has 1 unspecified atom stereocenters. The van der Waals surface area contributed by atoms with Crippen molar-refractivity contribution in [1.29, 1.82) is 0 Å². The van der Waals surface area contributed by atoms with Gasteiger partial charge in [-0.15, -0.1) is 0 Å². The van der Waals surface area contributed by atoms with Crippen LogP contribution in [-0.2, 0) is 11.2 Å². The molecule has 2 aliphatic heterocycles. The van der Waals surface area contributed by atoms with Gasteiger partial charge in [0.15, 0.2) is 0 Å². The summed E-state index contributed by atoms with van der Waals surface area (Å²) in [5.74, 6) is 1.81. The average Bonchev–Trinajstić information content (AvgIpc) is 3.20. The molecule has 2 saturated heterocycles. The van der Waals surface area contributed by atoms with E-state index in [4.69, 9.17) is 9.72 Å². The highest BCUT2D eigenvalue weighted by atomic mass is 16.5. The number of rotatable bonds is 5. The van der Waals surface area contributed by atoms with Crippen LogP contribution in [0.4, 0.5) is 5.82 Å². The van der Waals surface area contributed by atoms with Crippen LogP contribution in [0, 0.1) is 5.41 Å². The van der Waals surface area contributed by atoms with E-state index in [0.717, 1.165) is 63.4 Å². The fourth-order valence-electron chi connectivity index (χ4n) is 4.86. The van der Waals surface area contributed by atoms with Crippen molar-refractivity contribution in [1.82, 2.24) is 19.6 Å². The number of anilines is 1. The van der Waals surface area contributed by atoms with Crippen molar-refractivity contribution in [3.8, 4) is 0 Å². The smallest absolute Gasteiger partial charge is 0.254 e. The summed E-state index contributed by atoms with van der Waals surface area (Å²) < 4.78 is 7.59. The summed E-state index contributed by atoms with van der Waals surface area (Å²) in [5, 5.41) is 4.48. The van der Waals surface area contributed by atoms with Gasteiger partial charge < -0.3 is 9.64 Å². The fourth-order valence-corrected chi connectivity index (χ4v) is 4.86. The summed E-state index contributed by atoms with van der Waals surface area (Å²) in [5.41, 5.74) is 2.76. The van der Waals surface area contributed by atoms with E-state index < -0.39 is 0 Å². The minimum Gasteiger partial charge on any atom is -0.381 e. The number of benzene rings is 1. The Morgan fingerprint density at radius 1 is 1.18 bits per heavy atom. The Kier molecular flexibility index (Phi) is 4.51. The summed E-state index contributed by atoms with van der Waals surface area (Å²) in [4.78, 5) is 11.6. The maximum atomic E-state index is 5.69. The first-order chi connectivity index (χ1) is 13.8. The predicted octanol–water partition coefficient (Wildman–Crippen LogP) is 3.83. The first kappa shape index (κ1) is 17.6. The fraction of sp³-hybridized carbons (Fsp3) is 0.500. The van der Waals surface area contributed by atoms with E-state index in [1.165, 1.54) is 5.56 Å². The van der Waals surface area contributed by atoms with Crippen molar-refractivity contribution < 1.29 is 4.74 Å². The second-order valence-electron chi connectivity index (χ2n) is 8.10. The van der Waals surface area contributed by atoms with Crippen LogP contribution in [0.3, 0.4) is 0 Å². The molecule has 0 radical (unpaired) electrons. The quantitative estimate of drug-likeness (QED) is 0.676. The van der Waals surface area contributed by atoms with Gasteiger partial charge in [-0.2, -0.15) is 14.6 Å². The molecule has 3 aromatic rings. The summed E-state index contributed by atoms with van der Waals surface area (Å²) in [7, 11) is 0. The average molecular weight is 377 g/mol. The van der Waals surface area contributed by atoms with Crippen molar-refractivity contribution in [3.63, 3.8) is 0 Å². The van der Waals surface area contributed by atoms with Crippen molar-refractivity contribution >= 4 is 11.6 Å². The predicted molar refractivity (Wildman–Crippen MR) is 108 cm³/mol. The van der Waals surface area contributed by atoms with Crippen molar-refractivity contribution in [2.45, 2.75) is 45.1 Å². The van der Waals surface area contributed by atoms with E-state index in [1.807, 2.05) is 4.52 Å². The molecule has 0 aliphatic carbocycles. The molecule has 0 N–H and O–H groups in total. The van der Waals surface area contributed by atoms with Crippen LogP contribution in [0.25, 0.3) is 5.78 Å². The Bertz CT molecular complexity index is 948. The van der Waals surface area contributed by atoms with Crippen LogP contribution >= 0.6 is 0 Å². The van der Waals surface area contributed by atoms with E-state index in [2.05, 4.69) is 58.3 Å². The number of fused-ring (bicyclic) bond motifs is 1. The Morgan fingerprint density at radius 3 is 2.79 bits per heavy atom. The molecule has 1 atom stereocenters. The van der Waals surface area contributed by atoms with E-state index in [0.29, 0.717) is 11.8 Å². The van der Waals surface area contributed by atoms with E-state index in [1.54, 1.807) is 6.33 Å². The number of aryl methyl sites for hydroxylation is 1. The molecule has 2 aliphatic rings. The zero-order valence-corrected chi connectivity index (χ0v) is 16.4. The lowest BCUT2D eigenvalue weighted by Crippen LogP contribution is -2.61. The molecule has 6 heteroatoms. The van der Waals surface area contributed by atoms with Gasteiger partial charge in [0.25, 0.3) is 5.78 Å². The highest BCUT2D eigenvalue weighted by Crippen LogP contribution is 2.56. The van der Waals surface area contributed by atoms with E-state index >= 15 is 0 Å². The summed E-state index contributed by atoms with van der Waals surface area (Å²) >= 11 is 0. The van der Waals surface area contributed by atoms with Crippen LogP contribution < -0.4 is 4.90 Å². The van der Waals surface area contributed by atoms with Gasteiger partial charge in [-0.3, -0.25) is 0 Å². The number of aromatic nitrogens is 4. The highest BCUT2D eigenvalue weighted by molar-refractivity contribution is 5.54. The van der Waals surface area contributed by atoms with Gasteiger partial charge in [-0.1, -0.05) is 43.7 Å². The Balaban J connectivity index is 1.57. The number of ether oxygens (including phenoxy) is 1. The first-order valence-electron chi connectivity index (χ1n) is 10.4. The topological polar surface area (TPSA) is 55.6 Å². The lowest BCUT2D eigenvalue weighted by atomic mass is 9.64. The number of unbranched alkanes of at least 4 members (excludes halogenated alkanes) is 1. The molecule has 4 heterocycles. The number of hydrogen-bond donors (Lipinski definition) is 0. The normalized spacial score (nSPS) is 21.2. The molecule has 1 aromatic carbocycles. The highest BCUT2D eigenvalue weighted by Gasteiger charge is 2.54. The van der Waals surface area contributed by atoms with Gasteiger partial charge in [-0.25, -0.2) is 4.98 Å². The molecule has 0 saturated carbocycles. The van der Waals surface area contributed by atoms with E-state index in [-0.39, 0.29) is 5.41 Å². The minimum atomic E-state index is 0.277. The lowest BCUT2D eigenvalue weighted by molar-refractivity contribution is -0.0296. The van der Waals surface area contributed by atoms with Crippen LogP contribution in [-0.4, -0.2) is 39.3 Å².